The van der Waals surface area contributed by atoms with Gasteiger partial charge < -0.3 is 15.6 Å². The molecule has 4 nitrogen and oxygen atoms in total. The minimum Gasteiger partial charge on any atom is -0.481 e. The van der Waals surface area contributed by atoms with E-state index in [-0.39, 0.29) is 5.56 Å². The Bertz CT molecular complexity index is 316. The summed E-state index contributed by atoms with van der Waals surface area (Å²) >= 11 is 0. The van der Waals surface area contributed by atoms with Gasteiger partial charge in [-0.1, -0.05) is 6.07 Å². The molecule has 15 heavy (non-hydrogen) atoms. The van der Waals surface area contributed by atoms with Crippen LogP contribution < -0.4 is 10.5 Å². The van der Waals surface area contributed by atoms with Crippen molar-refractivity contribution in [3.8, 4) is 5.88 Å². The Morgan fingerprint density at radius 1 is 1.60 bits per heavy atom. The van der Waals surface area contributed by atoms with Crippen LogP contribution in [0.2, 0.25) is 0 Å². The van der Waals surface area contributed by atoms with Gasteiger partial charge in [-0.3, -0.25) is 0 Å². The van der Waals surface area contributed by atoms with Crippen LogP contribution in [0.4, 0.5) is 8.78 Å². The summed E-state index contributed by atoms with van der Waals surface area (Å²) in [7, 11) is 1.42. The number of hydrogen-bond donors (Lipinski definition) is 2. The number of nitrogens with two attached hydrogens (primary N) is 1. The highest BCUT2D eigenvalue weighted by atomic mass is 19.3. The van der Waals surface area contributed by atoms with Gasteiger partial charge in [-0.15, -0.1) is 0 Å². The predicted octanol–water partition coefficient (Wildman–Crippen LogP) is 0.718. The Kier molecular flexibility index (Phi) is 3.54. The summed E-state index contributed by atoms with van der Waals surface area (Å²) in [4.78, 5) is 3.75. The first-order valence-corrected chi connectivity index (χ1v) is 4.25. The van der Waals surface area contributed by atoms with Crippen molar-refractivity contribution < 1.29 is 18.6 Å². The summed E-state index contributed by atoms with van der Waals surface area (Å²) in [6.07, 6.45) is 1.20. The molecule has 0 amide bonds. The van der Waals surface area contributed by atoms with Gasteiger partial charge in [0.1, 0.15) is 6.61 Å². The van der Waals surface area contributed by atoms with Crippen LogP contribution in [-0.2, 0) is 0 Å². The topological polar surface area (TPSA) is 68.4 Å². The summed E-state index contributed by atoms with van der Waals surface area (Å²) in [5, 5.41) is 8.45. The molecule has 0 saturated carbocycles. The van der Waals surface area contributed by atoms with E-state index in [2.05, 4.69) is 4.98 Å². The molecule has 0 aliphatic rings. The highest BCUT2D eigenvalue weighted by Gasteiger charge is 2.37. The Balaban J connectivity index is 2.87. The molecule has 0 aliphatic heterocycles. The lowest BCUT2D eigenvalue weighted by molar-refractivity contribution is -0.0712. The van der Waals surface area contributed by atoms with Crippen LogP contribution in [0.1, 0.15) is 11.6 Å². The number of aliphatic hydroxyl groups is 1. The standard InChI is InChI=1S/C9H12F2N2O2/c1-15-7-3-2-6(4-13-7)8(12)9(10,11)5-14/h2-4,8,14H,5,12H2,1H3/t8-/m1/s1. The number of pyridine rings is 1. The van der Waals surface area contributed by atoms with Gasteiger partial charge in [-0.25, -0.2) is 13.8 Å². The normalized spacial score (nSPS) is 13.7. The summed E-state index contributed by atoms with van der Waals surface area (Å²) in [5.41, 5.74) is 5.43. The molecule has 0 saturated heterocycles. The number of halogens is 2. The van der Waals surface area contributed by atoms with Gasteiger partial charge in [0.15, 0.2) is 0 Å². The molecule has 0 radical (unpaired) electrons. The molecule has 0 spiro atoms. The maximum absolute atomic E-state index is 13.0. The molecule has 84 valence electrons. The van der Waals surface area contributed by atoms with Crippen molar-refractivity contribution in [2.45, 2.75) is 12.0 Å². The lowest BCUT2D eigenvalue weighted by Crippen LogP contribution is -2.36. The highest BCUT2D eigenvalue weighted by molar-refractivity contribution is 5.22. The number of rotatable bonds is 4. The summed E-state index contributed by atoms with van der Waals surface area (Å²) in [6, 6.07) is 1.25. The number of ether oxygens (including phenoxy) is 1. The van der Waals surface area contributed by atoms with Crippen LogP contribution in [-0.4, -0.2) is 29.7 Å². The average Bonchev–Trinajstić information content (AvgIpc) is 2.28. The first-order chi connectivity index (χ1) is 7.01. The van der Waals surface area contributed by atoms with Gasteiger partial charge in [-0.2, -0.15) is 0 Å². The summed E-state index contributed by atoms with van der Waals surface area (Å²) < 4.78 is 30.7. The van der Waals surface area contributed by atoms with Crippen molar-refractivity contribution in [1.82, 2.24) is 4.98 Å². The average molecular weight is 218 g/mol. The van der Waals surface area contributed by atoms with Crippen molar-refractivity contribution in [3.63, 3.8) is 0 Å². The second-order valence-corrected chi connectivity index (χ2v) is 3.03. The zero-order valence-electron chi connectivity index (χ0n) is 8.15. The third kappa shape index (κ3) is 2.60. The third-order valence-electron chi connectivity index (χ3n) is 1.99. The zero-order valence-corrected chi connectivity index (χ0v) is 8.15. The molecule has 6 heteroatoms. The van der Waals surface area contributed by atoms with Crippen molar-refractivity contribution in [2.75, 3.05) is 13.7 Å². The summed E-state index contributed by atoms with van der Waals surface area (Å²) in [5.74, 6) is -3.03. The number of nitrogens with zero attached hydrogens (tertiary/aromatic N) is 1. The fourth-order valence-corrected chi connectivity index (χ4v) is 1.04. The number of alkyl halides is 2. The van der Waals surface area contributed by atoms with Gasteiger partial charge in [0.05, 0.1) is 13.2 Å². The molecule has 0 bridgehead atoms. The second-order valence-electron chi connectivity index (χ2n) is 3.03. The van der Waals surface area contributed by atoms with Crippen LogP contribution in [0, 0.1) is 0 Å². The van der Waals surface area contributed by atoms with Crippen LogP contribution in [0.5, 0.6) is 5.88 Å². The van der Waals surface area contributed by atoms with E-state index in [1.165, 1.54) is 25.4 Å². The number of methoxy groups -OCH3 is 1. The van der Waals surface area contributed by atoms with Crippen LogP contribution >= 0.6 is 0 Å². The summed E-state index contributed by atoms with van der Waals surface area (Å²) in [6.45, 7) is -1.29. The van der Waals surface area contributed by atoms with Crippen LogP contribution in [0.25, 0.3) is 0 Å². The largest absolute Gasteiger partial charge is 0.481 e. The first-order valence-electron chi connectivity index (χ1n) is 4.25. The van der Waals surface area contributed by atoms with E-state index in [4.69, 9.17) is 15.6 Å². The van der Waals surface area contributed by atoms with E-state index < -0.39 is 18.6 Å². The SMILES string of the molecule is COc1ccc([C@@H](N)C(F)(F)CO)cn1. The number of aromatic nitrogens is 1. The van der Waals surface area contributed by atoms with Crippen molar-refractivity contribution >= 4 is 0 Å². The van der Waals surface area contributed by atoms with E-state index in [1.807, 2.05) is 0 Å². The Morgan fingerprint density at radius 3 is 2.67 bits per heavy atom. The minimum atomic E-state index is -3.35. The fourth-order valence-electron chi connectivity index (χ4n) is 1.04. The lowest BCUT2D eigenvalue weighted by atomic mass is 10.0. The zero-order chi connectivity index (χ0) is 11.5. The van der Waals surface area contributed by atoms with Gasteiger partial charge in [0, 0.05) is 12.3 Å². The Morgan fingerprint density at radius 2 is 2.27 bits per heavy atom. The smallest absolute Gasteiger partial charge is 0.289 e. The minimum absolute atomic E-state index is 0.148. The van der Waals surface area contributed by atoms with Gasteiger partial charge in [0.25, 0.3) is 5.92 Å². The number of hydrogen-bond acceptors (Lipinski definition) is 4. The Labute approximate surface area is 85.7 Å². The predicted molar refractivity (Wildman–Crippen MR) is 49.8 cm³/mol. The van der Waals surface area contributed by atoms with E-state index in [0.717, 1.165) is 0 Å². The van der Waals surface area contributed by atoms with E-state index in [1.54, 1.807) is 0 Å². The maximum Gasteiger partial charge on any atom is 0.289 e. The molecule has 0 unspecified atom stereocenters. The van der Waals surface area contributed by atoms with Crippen molar-refractivity contribution in [3.05, 3.63) is 23.9 Å². The van der Waals surface area contributed by atoms with Gasteiger partial charge >= 0.3 is 0 Å². The van der Waals surface area contributed by atoms with Crippen LogP contribution in [0.15, 0.2) is 18.3 Å². The molecule has 1 aromatic rings. The van der Waals surface area contributed by atoms with Crippen LogP contribution in [0.3, 0.4) is 0 Å². The molecule has 0 fully saturated rings. The molecule has 1 heterocycles. The first kappa shape index (κ1) is 11.8. The quantitative estimate of drug-likeness (QED) is 0.781. The van der Waals surface area contributed by atoms with Crippen molar-refractivity contribution in [2.24, 2.45) is 5.73 Å². The number of aliphatic hydroxyl groups excluding tert-OH is 1. The molecule has 1 atom stereocenters. The van der Waals surface area contributed by atoms with Gasteiger partial charge in [0.2, 0.25) is 5.88 Å². The monoisotopic (exact) mass is 218 g/mol. The van der Waals surface area contributed by atoms with E-state index >= 15 is 0 Å². The molecular weight excluding hydrogens is 206 g/mol. The fraction of sp³-hybridized carbons (Fsp3) is 0.444. The Hall–Kier alpha value is -1.27. The van der Waals surface area contributed by atoms with Gasteiger partial charge in [-0.05, 0) is 5.56 Å². The molecule has 1 aromatic heterocycles. The second kappa shape index (κ2) is 4.50. The van der Waals surface area contributed by atoms with Crippen molar-refractivity contribution in [1.29, 1.82) is 0 Å². The van der Waals surface area contributed by atoms with E-state index in [9.17, 15) is 8.78 Å². The highest BCUT2D eigenvalue weighted by Crippen LogP contribution is 2.28. The molecular formula is C9H12F2N2O2. The maximum atomic E-state index is 13.0. The molecule has 3 N–H and O–H groups in total. The molecule has 0 aromatic carbocycles. The molecule has 1 rings (SSSR count). The van der Waals surface area contributed by atoms with E-state index in [0.29, 0.717) is 5.88 Å². The third-order valence-corrected chi connectivity index (χ3v) is 1.99. The molecule has 0 aliphatic carbocycles. The lowest BCUT2D eigenvalue weighted by Gasteiger charge is -2.21.